The molecule has 0 unspecified atom stereocenters. The summed E-state index contributed by atoms with van der Waals surface area (Å²) in [7, 11) is 0. The van der Waals surface area contributed by atoms with Crippen LogP contribution in [0.25, 0.3) is 6.08 Å². The van der Waals surface area contributed by atoms with E-state index < -0.39 is 17.8 Å². The van der Waals surface area contributed by atoms with Crippen LogP contribution in [0.1, 0.15) is 34.7 Å². The standard InChI is InChI=1S/C29H26ClIN2O5/c1-5-37-25-14-20(13-23(31)26(25)38-15-19-10-9-16(2)17(3)11-19)12-21-27(34)32-29(36)33(28(21)35)24-8-6-7-22(30)18(24)4/h6-14H,5,15H2,1-4H3,(H,32,34,36)/b21-12+. The topological polar surface area (TPSA) is 84.9 Å². The molecular formula is C29H26ClIN2O5. The maximum atomic E-state index is 13.4. The van der Waals surface area contributed by atoms with Crippen LogP contribution in [0.4, 0.5) is 10.5 Å². The van der Waals surface area contributed by atoms with Crippen molar-refractivity contribution in [2.24, 2.45) is 0 Å². The molecule has 4 rings (SSSR count). The Hall–Kier alpha value is -3.37. The van der Waals surface area contributed by atoms with E-state index in [1.165, 1.54) is 17.2 Å². The van der Waals surface area contributed by atoms with Gasteiger partial charge in [-0.1, -0.05) is 35.9 Å². The number of imide groups is 2. The number of carbonyl (C=O) groups is 3. The van der Waals surface area contributed by atoms with Gasteiger partial charge in [-0.05, 0) is 108 Å². The monoisotopic (exact) mass is 644 g/mol. The zero-order valence-corrected chi connectivity index (χ0v) is 24.3. The van der Waals surface area contributed by atoms with E-state index in [1.54, 1.807) is 37.3 Å². The smallest absolute Gasteiger partial charge is 0.335 e. The molecular weight excluding hydrogens is 619 g/mol. The molecule has 3 aromatic carbocycles. The first-order valence-corrected chi connectivity index (χ1v) is 13.4. The molecule has 196 valence electrons. The van der Waals surface area contributed by atoms with E-state index in [1.807, 2.05) is 13.0 Å². The van der Waals surface area contributed by atoms with Crippen LogP contribution in [0.3, 0.4) is 0 Å². The highest BCUT2D eigenvalue weighted by Crippen LogP contribution is 2.36. The number of barbiturate groups is 1. The number of carbonyl (C=O) groups excluding carboxylic acids is 3. The summed E-state index contributed by atoms with van der Waals surface area (Å²) < 4.78 is 12.7. The van der Waals surface area contributed by atoms with Gasteiger partial charge in [-0.3, -0.25) is 14.9 Å². The van der Waals surface area contributed by atoms with Crippen molar-refractivity contribution in [1.29, 1.82) is 0 Å². The lowest BCUT2D eigenvalue weighted by atomic mass is 10.1. The minimum atomic E-state index is -0.831. The van der Waals surface area contributed by atoms with Gasteiger partial charge in [-0.15, -0.1) is 0 Å². The van der Waals surface area contributed by atoms with Gasteiger partial charge in [-0.25, -0.2) is 9.69 Å². The van der Waals surface area contributed by atoms with Gasteiger partial charge in [0.15, 0.2) is 11.5 Å². The van der Waals surface area contributed by atoms with Crippen molar-refractivity contribution in [3.8, 4) is 11.5 Å². The highest BCUT2D eigenvalue weighted by Gasteiger charge is 2.37. The van der Waals surface area contributed by atoms with Gasteiger partial charge < -0.3 is 9.47 Å². The maximum absolute atomic E-state index is 13.4. The van der Waals surface area contributed by atoms with E-state index in [4.69, 9.17) is 21.1 Å². The molecule has 1 N–H and O–H groups in total. The Morgan fingerprint density at radius 3 is 2.47 bits per heavy atom. The van der Waals surface area contributed by atoms with E-state index in [0.29, 0.717) is 46.5 Å². The van der Waals surface area contributed by atoms with Crippen molar-refractivity contribution in [3.63, 3.8) is 0 Å². The average Bonchev–Trinajstić information content (AvgIpc) is 2.86. The van der Waals surface area contributed by atoms with E-state index in [2.05, 4.69) is 53.9 Å². The SMILES string of the molecule is CCOc1cc(/C=C2\C(=O)NC(=O)N(c3cccc(Cl)c3C)C2=O)cc(I)c1OCc1ccc(C)c(C)c1. The van der Waals surface area contributed by atoms with E-state index in [-0.39, 0.29) is 5.57 Å². The third-order valence-electron chi connectivity index (χ3n) is 6.18. The van der Waals surface area contributed by atoms with Gasteiger partial charge in [-0.2, -0.15) is 0 Å². The number of benzene rings is 3. The molecule has 9 heteroatoms. The third kappa shape index (κ3) is 5.71. The van der Waals surface area contributed by atoms with Gasteiger partial charge in [0.2, 0.25) is 0 Å². The molecule has 1 aliphatic rings. The molecule has 1 fully saturated rings. The van der Waals surface area contributed by atoms with Crippen LogP contribution in [-0.2, 0) is 16.2 Å². The number of nitrogens with zero attached hydrogens (tertiary/aromatic N) is 1. The zero-order valence-electron chi connectivity index (χ0n) is 21.4. The van der Waals surface area contributed by atoms with Gasteiger partial charge in [0.05, 0.1) is 15.9 Å². The highest BCUT2D eigenvalue weighted by molar-refractivity contribution is 14.1. The molecule has 38 heavy (non-hydrogen) atoms. The summed E-state index contributed by atoms with van der Waals surface area (Å²) in [5.74, 6) is -0.470. The molecule has 0 radical (unpaired) electrons. The van der Waals surface area contributed by atoms with Crippen molar-refractivity contribution in [1.82, 2.24) is 5.32 Å². The molecule has 0 atom stereocenters. The van der Waals surface area contributed by atoms with E-state index >= 15 is 0 Å². The molecule has 0 spiro atoms. The quantitative estimate of drug-likeness (QED) is 0.180. The molecule has 0 aromatic heterocycles. The number of hydrogen-bond donors (Lipinski definition) is 1. The number of amides is 4. The molecule has 1 aliphatic heterocycles. The lowest BCUT2D eigenvalue weighted by molar-refractivity contribution is -0.122. The maximum Gasteiger partial charge on any atom is 0.335 e. The summed E-state index contributed by atoms with van der Waals surface area (Å²) in [5.41, 5.74) is 4.63. The van der Waals surface area contributed by atoms with Crippen LogP contribution < -0.4 is 19.7 Å². The normalized spacial score (nSPS) is 14.6. The van der Waals surface area contributed by atoms with Crippen LogP contribution in [-0.4, -0.2) is 24.5 Å². The second kappa shape index (κ2) is 11.6. The summed E-state index contributed by atoms with van der Waals surface area (Å²) in [6, 6.07) is 13.7. The minimum absolute atomic E-state index is 0.189. The molecule has 1 saturated heterocycles. The van der Waals surface area contributed by atoms with E-state index in [9.17, 15) is 14.4 Å². The number of halogens is 2. The molecule has 0 saturated carbocycles. The number of rotatable bonds is 7. The number of ether oxygens (including phenoxy) is 2. The van der Waals surface area contributed by atoms with Crippen LogP contribution in [0.5, 0.6) is 11.5 Å². The molecule has 7 nitrogen and oxygen atoms in total. The minimum Gasteiger partial charge on any atom is -0.490 e. The van der Waals surface area contributed by atoms with Crippen molar-refractivity contribution in [2.75, 3.05) is 11.5 Å². The highest BCUT2D eigenvalue weighted by atomic mass is 127. The predicted octanol–water partition coefficient (Wildman–Crippen LogP) is 6.51. The fourth-order valence-electron chi connectivity index (χ4n) is 4.00. The fraction of sp³-hybridized carbons (Fsp3) is 0.207. The summed E-state index contributed by atoms with van der Waals surface area (Å²) in [6.45, 7) is 8.43. The second-order valence-electron chi connectivity index (χ2n) is 8.81. The Labute approximate surface area is 239 Å². The Morgan fingerprint density at radius 1 is 1.00 bits per heavy atom. The summed E-state index contributed by atoms with van der Waals surface area (Å²) in [5, 5.41) is 2.65. The molecule has 1 heterocycles. The third-order valence-corrected chi connectivity index (χ3v) is 7.39. The lowest BCUT2D eigenvalue weighted by Gasteiger charge is -2.27. The van der Waals surface area contributed by atoms with Gasteiger partial charge >= 0.3 is 6.03 Å². The van der Waals surface area contributed by atoms with Crippen LogP contribution in [0.2, 0.25) is 5.02 Å². The van der Waals surface area contributed by atoms with Gasteiger partial charge in [0.1, 0.15) is 12.2 Å². The first-order chi connectivity index (χ1) is 18.1. The number of urea groups is 1. The van der Waals surface area contributed by atoms with Crippen LogP contribution >= 0.6 is 34.2 Å². The van der Waals surface area contributed by atoms with Crippen molar-refractivity contribution >= 4 is 63.8 Å². The Balaban J connectivity index is 1.67. The van der Waals surface area contributed by atoms with Crippen LogP contribution in [0, 0.1) is 24.3 Å². The van der Waals surface area contributed by atoms with Gasteiger partial charge in [0.25, 0.3) is 11.8 Å². The first kappa shape index (κ1) is 27.7. The Kier molecular flexibility index (Phi) is 8.42. The lowest BCUT2D eigenvalue weighted by Crippen LogP contribution is -2.54. The number of aryl methyl sites for hydroxylation is 2. The largest absolute Gasteiger partial charge is 0.490 e. The van der Waals surface area contributed by atoms with E-state index in [0.717, 1.165) is 14.0 Å². The second-order valence-corrected chi connectivity index (χ2v) is 10.4. The van der Waals surface area contributed by atoms with Crippen molar-refractivity contribution < 1.29 is 23.9 Å². The summed E-state index contributed by atoms with van der Waals surface area (Å²) >= 11 is 8.34. The zero-order chi connectivity index (χ0) is 27.6. The first-order valence-electron chi connectivity index (χ1n) is 11.9. The fourth-order valence-corrected chi connectivity index (χ4v) is 4.95. The number of nitrogens with one attached hydrogen (secondary N) is 1. The van der Waals surface area contributed by atoms with Crippen molar-refractivity contribution in [3.05, 3.63) is 90.5 Å². The molecule has 3 aromatic rings. The van der Waals surface area contributed by atoms with Crippen molar-refractivity contribution in [2.45, 2.75) is 34.3 Å². The summed E-state index contributed by atoms with van der Waals surface area (Å²) in [6.07, 6.45) is 1.44. The Morgan fingerprint density at radius 2 is 1.76 bits per heavy atom. The van der Waals surface area contributed by atoms with Crippen LogP contribution in [0.15, 0.2) is 54.1 Å². The van der Waals surface area contributed by atoms with Gasteiger partial charge in [0, 0.05) is 5.02 Å². The molecule has 4 amide bonds. The number of anilines is 1. The Bertz CT molecular complexity index is 1480. The number of hydrogen-bond acceptors (Lipinski definition) is 5. The predicted molar refractivity (Wildman–Crippen MR) is 156 cm³/mol. The molecule has 0 aliphatic carbocycles. The molecule has 0 bridgehead atoms. The summed E-state index contributed by atoms with van der Waals surface area (Å²) in [4.78, 5) is 39.6. The average molecular weight is 645 g/mol.